The molecule has 4 rings (SSSR count). The van der Waals surface area contributed by atoms with Crippen LogP contribution in [0.4, 0.5) is 5.69 Å². The fraction of sp³-hybridized carbons (Fsp3) is 0.500. The number of hydrogen-bond donors (Lipinski definition) is 1. The van der Waals surface area contributed by atoms with Gasteiger partial charge in [0.25, 0.3) is 5.91 Å². The van der Waals surface area contributed by atoms with Crippen molar-refractivity contribution in [2.45, 2.75) is 65.0 Å². The maximum Gasteiger partial charge on any atom is 0.261 e. The topological polar surface area (TPSA) is 41.6 Å². The van der Waals surface area contributed by atoms with E-state index in [-0.39, 0.29) is 5.91 Å². The van der Waals surface area contributed by atoms with Gasteiger partial charge in [-0.1, -0.05) is 31.2 Å². The van der Waals surface area contributed by atoms with Gasteiger partial charge in [0.15, 0.2) is 6.10 Å². The van der Waals surface area contributed by atoms with Crippen molar-refractivity contribution in [3.63, 3.8) is 0 Å². The van der Waals surface area contributed by atoms with Crippen LogP contribution in [-0.4, -0.2) is 25.1 Å². The summed E-state index contributed by atoms with van der Waals surface area (Å²) in [5.41, 5.74) is 5.05. The summed E-state index contributed by atoms with van der Waals surface area (Å²) in [6.45, 7) is 6.95. The van der Waals surface area contributed by atoms with Crippen LogP contribution in [0, 0.1) is 5.92 Å². The molecule has 0 bridgehead atoms. The molecule has 2 aromatic rings. The third-order valence-electron chi connectivity index (χ3n) is 6.45. The summed E-state index contributed by atoms with van der Waals surface area (Å²) in [7, 11) is 0. The van der Waals surface area contributed by atoms with E-state index in [2.05, 4.69) is 47.5 Å². The summed E-state index contributed by atoms with van der Waals surface area (Å²) >= 11 is 0. The van der Waals surface area contributed by atoms with E-state index in [4.69, 9.17) is 4.74 Å². The number of hydrogen-bond acceptors (Lipinski definition) is 3. The average molecular weight is 407 g/mol. The Morgan fingerprint density at radius 2 is 1.93 bits per heavy atom. The monoisotopic (exact) mass is 406 g/mol. The number of nitrogens with zero attached hydrogens (tertiary/aromatic N) is 1. The van der Waals surface area contributed by atoms with Gasteiger partial charge in [0.2, 0.25) is 0 Å². The maximum atomic E-state index is 12.6. The Kier molecular flexibility index (Phi) is 6.61. The molecule has 160 valence electrons. The van der Waals surface area contributed by atoms with Gasteiger partial charge >= 0.3 is 0 Å². The predicted molar refractivity (Wildman–Crippen MR) is 122 cm³/mol. The predicted octanol–water partition coefficient (Wildman–Crippen LogP) is 4.89. The number of fused-ring (bicyclic) bond motifs is 1. The van der Waals surface area contributed by atoms with Crippen LogP contribution in [0.25, 0.3) is 0 Å². The van der Waals surface area contributed by atoms with E-state index in [1.165, 1.54) is 42.5 Å². The average Bonchev–Trinajstić information content (AvgIpc) is 2.78. The van der Waals surface area contributed by atoms with Gasteiger partial charge in [-0.2, -0.15) is 0 Å². The highest BCUT2D eigenvalue weighted by Crippen LogP contribution is 2.30. The first-order valence-electron chi connectivity index (χ1n) is 11.5. The van der Waals surface area contributed by atoms with Gasteiger partial charge in [0, 0.05) is 25.3 Å². The smallest absolute Gasteiger partial charge is 0.261 e. The summed E-state index contributed by atoms with van der Waals surface area (Å²) in [4.78, 5) is 15.1. The zero-order chi connectivity index (χ0) is 20.9. The van der Waals surface area contributed by atoms with Crippen LogP contribution in [0.15, 0.2) is 42.5 Å². The molecule has 1 N–H and O–H groups in total. The second-order valence-electron chi connectivity index (χ2n) is 8.94. The molecule has 0 unspecified atom stereocenters. The molecule has 1 amide bonds. The number of nitrogens with one attached hydrogen (secondary N) is 1. The van der Waals surface area contributed by atoms with E-state index in [0.717, 1.165) is 43.2 Å². The minimum absolute atomic E-state index is 0.0719. The molecular formula is C26H34N2O2. The summed E-state index contributed by atoms with van der Waals surface area (Å²) in [6, 6.07) is 14.8. The highest BCUT2D eigenvalue weighted by molar-refractivity contribution is 5.80. The molecule has 4 nitrogen and oxygen atoms in total. The minimum Gasteiger partial charge on any atom is -0.481 e. The highest BCUT2D eigenvalue weighted by atomic mass is 16.5. The quantitative estimate of drug-likeness (QED) is 0.743. The number of benzene rings is 2. The molecule has 0 aromatic heterocycles. The Morgan fingerprint density at radius 1 is 1.13 bits per heavy atom. The first kappa shape index (κ1) is 20.8. The molecule has 4 heteroatoms. The normalized spacial score (nSPS) is 19.7. The van der Waals surface area contributed by atoms with E-state index in [1.807, 2.05) is 19.1 Å². The van der Waals surface area contributed by atoms with Crippen LogP contribution in [0.1, 0.15) is 56.2 Å². The lowest BCUT2D eigenvalue weighted by Gasteiger charge is -2.32. The molecular weight excluding hydrogens is 372 g/mol. The molecule has 1 heterocycles. The van der Waals surface area contributed by atoms with Gasteiger partial charge in [-0.25, -0.2) is 0 Å². The number of anilines is 1. The Labute approximate surface area is 180 Å². The maximum absolute atomic E-state index is 12.6. The van der Waals surface area contributed by atoms with Gasteiger partial charge in [-0.3, -0.25) is 4.79 Å². The van der Waals surface area contributed by atoms with Gasteiger partial charge in [-0.05, 0) is 86.3 Å². The largest absolute Gasteiger partial charge is 0.481 e. The lowest BCUT2D eigenvalue weighted by molar-refractivity contribution is -0.127. The van der Waals surface area contributed by atoms with Crippen molar-refractivity contribution < 1.29 is 9.53 Å². The van der Waals surface area contributed by atoms with Crippen molar-refractivity contribution in [3.05, 3.63) is 59.2 Å². The Bertz CT molecular complexity index is 862. The van der Waals surface area contributed by atoms with Gasteiger partial charge < -0.3 is 15.0 Å². The number of carbonyl (C=O) groups excluding carboxylic acids is 1. The summed E-state index contributed by atoms with van der Waals surface area (Å²) in [5, 5.41) is 3.03. The van der Waals surface area contributed by atoms with Crippen LogP contribution in [-0.2, 0) is 24.2 Å². The molecule has 0 saturated carbocycles. The SMILES string of the molecule is C[C@H]1CCCN(c2ccc(CNC(=O)[C@H](C)Oc3cccc4c3CCCC4)cc2)C1. The Balaban J connectivity index is 1.30. The molecule has 1 fully saturated rings. The first-order chi connectivity index (χ1) is 14.6. The standard InChI is InChI=1S/C26H34N2O2/c1-19-7-6-16-28(18-19)23-14-12-21(13-15-23)17-27-26(29)20(2)30-25-11-5-9-22-8-3-4-10-24(22)25/h5,9,11-15,19-20H,3-4,6-8,10,16-18H2,1-2H3,(H,27,29)/t19-,20-/m0/s1. The van der Waals surface area contributed by atoms with Crippen molar-refractivity contribution in [2.75, 3.05) is 18.0 Å². The molecule has 2 atom stereocenters. The van der Waals surface area contributed by atoms with Crippen LogP contribution in [0.2, 0.25) is 0 Å². The van der Waals surface area contributed by atoms with E-state index in [1.54, 1.807) is 0 Å². The number of ether oxygens (including phenoxy) is 1. The van der Waals surface area contributed by atoms with Crippen LogP contribution < -0.4 is 15.0 Å². The number of piperidine rings is 1. The molecule has 30 heavy (non-hydrogen) atoms. The van der Waals surface area contributed by atoms with Crippen molar-refractivity contribution >= 4 is 11.6 Å². The first-order valence-corrected chi connectivity index (χ1v) is 11.5. The van der Waals surface area contributed by atoms with E-state index >= 15 is 0 Å². The molecule has 0 spiro atoms. The van der Waals surface area contributed by atoms with Crippen LogP contribution >= 0.6 is 0 Å². The third kappa shape index (κ3) is 4.97. The number of carbonyl (C=O) groups is 1. The Morgan fingerprint density at radius 3 is 2.73 bits per heavy atom. The highest BCUT2D eigenvalue weighted by Gasteiger charge is 2.20. The lowest BCUT2D eigenvalue weighted by Crippen LogP contribution is -2.36. The van der Waals surface area contributed by atoms with Crippen molar-refractivity contribution in [1.82, 2.24) is 5.32 Å². The molecule has 2 aliphatic rings. The molecule has 1 aliphatic carbocycles. The van der Waals surface area contributed by atoms with Crippen molar-refractivity contribution in [2.24, 2.45) is 5.92 Å². The fourth-order valence-corrected chi connectivity index (χ4v) is 4.68. The van der Waals surface area contributed by atoms with Gasteiger partial charge in [0.1, 0.15) is 5.75 Å². The minimum atomic E-state index is -0.507. The fourth-order valence-electron chi connectivity index (χ4n) is 4.68. The van der Waals surface area contributed by atoms with Crippen molar-refractivity contribution in [3.8, 4) is 5.75 Å². The molecule has 0 radical (unpaired) electrons. The zero-order valence-corrected chi connectivity index (χ0v) is 18.3. The van der Waals surface area contributed by atoms with E-state index in [9.17, 15) is 4.79 Å². The molecule has 1 aliphatic heterocycles. The molecule has 2 aromatic carbocycles. The third-order valence-corrected chi connectivity index (χ3v) is 6.45. The Hall–Kier alpha value is -2.49. The van der Waals surface area contributed by atoms with Crippen molar-refractivity contribution in [1.29, 1.82) is 0 Å². The number of amides is 1. The summed E-state index contributed by atoms with van der Waals surface area (Å²) in [6.07, 6.45) is 6.67. The number of aryl methyl sites for hydroxylation is 1. The van der Waals surface area contributed by atoms with Crippen LogP contribution in [0.3, 0.4) is 0 Å². The second-order valence-corrected chi connectivity index (χ2v) is 8.94. The molecule has 1 saturated heterocycles. The number of rotatable bonds is 6. The summed E-state index contributed by atoms with van der Waals surface area (Å²) in [5.74, 6) is 1.56. The van der Waals surface area contributed by atoms with Gasteiger partial charge in [0.05, 0.1) is 0 Å². The second kappa shape index (κ2) is 9.55. The van der Waals surface area contributed by atoms with Crippen LogP contribution in [0.5, 0.6) is 5.75 Å². The van der Waals surface area contributed by atoms with Gasteiger partial charge in [-0.15, -0.1) is 0 Å². The zero-order valence-electron chi connectivity index (χ0n) is 18.3. The van der Waals surface area contributed by atoms with E-state index < -0.39 is 6.10 Å². The summed E-state index contributed by atoms with van der Waals surface area (Å²) < 4.78 is 6.05. The lowest BCUT2D eigenvalue weighted by atomic mass is 9.91. The van der Waals surface area contributed by atoms with E-state index in [0.29, 0.717) is 6.54 Å².